The number of fused-ring (bicyclic) bond motifs is 1. The number of thiophene rings is 1. The molecule has 3 rings (SSSR count). The number of rotatable bonds is 3. The van der Waals surface area contributed by atoms with E-state index < -0.39 is 10.0 Å². The summed E-state index contributed by atoms with van der Waals surface area (Å²) in [4.78, 5) is 14.9. The number of benzene rings is 1. The maximum Gasteiger partial charge on any atom is 0.264 e. The summed E-state index contributed by atoms with van der Waals surface area (Å²) in [6, 6.07) is 7.07. The first-order valence-corrected chi connectivity index (χ1v) is 9.51. The van der Waals surface area contributed by atoms with Gasteiger partial charge in [-0.2, -0.15) is 0 Å². The zero-order valence-electron chi connectivity index (χ0n) is 12.0. The van der Waals surface area contributed by atoms with Crippen molar-refractivity contribution in [2.45, 2.75) is 0 Å². The van der Waals surface area contributed by atoms with Crippen molar-refractivity contribution >= 4 is 43.0 Å². The van der Waals surface area contributed by atoms with Gasteiger partial charge in [-0.25, -0.2) is 8.42 Å². The summed E-state index contributed by atoms with van der Waals surface area (Å²) in [5, 5.41) is 0.857. The average Bonchev–Trinajstić information content (AvgIpc) is 2.89. The molecule has 1 aromatic carbocycles. The fraction of sp³-hybridized carbons (Fsp3) is 0.357. The van der Waals surface area contributed by atoms with Crippen molar-refractivity contribution in [1.82, 2.24) is 4.90 Å². The summed E-state index contributed by atoms with van der Waals surface area (Å²) in [5.74, 6) is 0.00197. The summed E-state index contributed by atoms with van der Waals surface area (Å²) >= 11 is 1.42. The van der Waals surface area contributed by atoms with Gasteiger partial charge in [0.2, 0.25) is 10.0 Å². The van der Waals surface area contributed by atoms with Crippen molar-refractivity contribution in [2.24, 2.45) is 0 Å². The van der Waals surface area contributed by atoms with Crippen LogP contribution in [0.2, 0.25) is 0 Å². The molecule has 1 aliphatic rings. The van der Waals surface area contributed by atoms with Crippen molar-refractivity contribution < 1.29 is 17.9 Å². The third kappa shape index (κ3) is 3.40. The highest BCUT2D eigenvalue weighted by molar-refractivity contribution is 7.92. The molecule has 0 saturated carbocycles. The summed E-state index contributed by atoms with van der Waals surface area (Å²) in [6.45, 7) is 2.35. The lowest BCUT2D eigenvalue weighted by Gasteiger charge is -2.26. The average molecular weight is 340 g/mol. The Morgan fingerprint density at radius 1 is 1.27 bits per heavy atom. The maximum atomic E-state index is 12.5. The van der Waals surface area contributed by atoms with Crippen molar-refractivity contribution in [2.75, 3.05) is 37.3 Å². The lowest BCUT2D eigenvalue weighted by molar-refractivity contribution is 0.0306. The Kier molecular flexibility index (Phi) is 4.07. The van der Waals surface area contributed by atoms with E-state index in [1.165, 1.54) is 11.3 Å². The van der Waals surface area contributed by atoms with Gasteiger partial charge in [0.05, 0.1) is 24.3 Å². The van der Waals surface area contributed by atoms with E-state index in [0.29, 0.717) is 36.9 Å². The van der Waals surface area contributed by atoms with E-state index >= 15 is 0 Å². The number of nitrogens with zero attached hydrogens (tertiary/aromatic N) is 1. The van der Waals surface area contributed by atoms with Crippen LogP contribution in [0.5, 0.6) is 0 Å². The van der Waals surface area contributed by atoms with Crippen LogP contribution < -0.4 is 4.72 Å². The standard InChI is InChI=1S/C14H16N2O4S2/c1-22(18,19)15-11-2-3-12-10(8-11)9-13(21-12)14(17)16-4-6-20-7-5-16/h2-3,8-9,15H,4-7H2,1H3. The second kappa shape index (κ2) is 5.86. The van der Waals surface area contributed by atoms with Crippen LogP contribution in [0.15, 0.2) is 24.3 Å². The number of morpholine rings is 1. The second-order valence-electron chi connectivity index (χ2n) is 5.14. The fourth-order valence-electron chi connectivity index (χ4n) is 2.35. The van der Waals surface area contributed by atoms with E-state index in [-0.39, 0.29) is 5.91 Å². The molecule has 2 aromatic rings. The molecule has 6 nitrogen and oxygen atoms in total. The third-order valence-electron chi connectivity index (χ3n) is 3.33. The molecule has 1 aliphatic heterocycles. The molecule has 0 atom stereocenters. The highest BCUT2D eigenvalue weighted by Crippen LogP contribution is 2.29. The van der Waals surface area contributed by atoms with Gasteiger partial charge in [0.15, 0.2) is 0 Å². The number of sulfonamides is 1. The summed E-state index contributed by atoms with van der Waals surface area (Å²) in [5.41, 5.74) is 0.498. The minimum absolute atomic E-state index is 0.00197. The van der Waals surface area contributed by atoms with Crippen LogP contribution in [-0.2, 0) is 14.8 Å². The first kappa shape index (κ1) is 15.3. The van der Waals surface area contributed by atoms with Crippen LogP contribution in [-0.4, -0.2) is 51.8 Å². The molecular weight excluding hydrogens is 324 g/mol. The van der Waals surface area contributed by atoms with Crippen LogP contribution in [0.25, 0.3) is 10.1 Å². The predicted molar refractivity (Wildman–Crippen MR) is 87.0 cm³/mol. The van der Waals surface area contributed by atoms with E-state index in [0.717, 1.165) is 16.3 Å². The zero-order valence-corrected chi connectivity index (χ0v) is 13.7. The topological polar surface area (TPSA) is 75.7 Å². The predicted octanol–water partition coefficient (Wildman–Crippen LogP) is 1.75. The van der Waals surface area contributed by atoms with Gasteiger partial charge < -0.3 is 9.64 Å². The monoisotopic (exact) mass is 340 g/mol. The highest BCUT2D eigenvalue weighted by atomic mass is 32.2. The number of ether oxygens (including phenoxy) is 1. The van der Waals surface area contributed by atoms with Gasteiger partial charge in [0, 0.05) is 23.5 Å². The molecule has 0 spiro atoms. The SMILES string of the molecule is CS(=O)(=O)Nc1ccc2sc(C(=O)N3CCOCC3)cc2c1. The highest BCUT2D eigenvalue weighted by Gasteiger charge is 2.20. The van der Waals surface area contributed by atoms with Crippen molar-refractivity contribution in [3.05, 3.63) is 29.1 Å². The first-order valence-electron chi connectivity index (χ1n) is 6.81. The number of anilines is 1. The smallest absolute Gasteiger partial charge is 0.264 e. The molecule has 2 heterocycles. The van der Waals surface area contributed by atoms with E-state index in [1.54, 1.807) is 17.0 Å². The molecule has 0 bridgehead atoms. The van der Waals surface area contributed by atoms with Gasteiger partial charge in [-0.15, -0.1) is 11.3 Å². The third-order valence-corrected chi connectivity index (χ3v) is 5.04. The quantitative estimate of drug-likeness (QED) is 0.923. The maximum absolute atomic E-state index is 12.5. The van der Waals surface area contributed by atoms with Crippen molar-refractivity contribution in [3.63, 3.8) is 0 Å². The molecule has 22 heavy (non-hydrogen) atoms. The Labute approximate surface area is 132 Å². The number of nitrogens with one attached hydrogen (secondary N) is 1. The number of hydrogen-bond acceptors (Lipinski definition) is 5. The number of carbonyl (C=O) groups is 1. The Balaban J connectivity index is 1.87. The van der Waals surface area contributed by atoms with E-state index in [2.05, 4.69) is 4.72 Å². The molecule has 0 unspecified atom stereocenters. The molecule has 1 amide bonds. The van der Waals surface area contributed by atoms with Gasteiger partial charge in [-0.1, -0.05) is 0 Å². The number of carbonyl (C=O) groups excluding carboxylic acids is 1. The molecule has 118 valence electrons. The van der Waals surface area contributed by atoms with Crippen molar-refractivity contribution in [1.29, 1.82) is 0 Å². The van der Waals surface area contributed by atoms with Crippen molar-refractivity contribution in [3.8, 4) is 0 Å². The Hall–Kier alpha value is -1.64. The lowest BCUT2D eigenvalue weighted by Crippen LogP contribution is -2.40. The molecule has 1 aromatic heterocycles. The minimum Gasteiger partial charge on any atom is -0.378 e. The van der Waals surface area contributed by atoms with E-state index in [9.17, 15) is 13.2 Å². The first-order chi connectivity index (χ1) is 10.4. The molecule has 1 N–H and O–H groups in total. The molecule has 1 saturated heterocycles. The lowest BCUT2D eigenvalue weighted by atomic mass is 10.2. The van der Waals surface area contributed by atoms with E-state index in [1.807, 2.05) is 12.1 Å². The Morgan fingerprint density at radius 3 is 2.68 bits per heavy atom. The molecule has 1 fully saturated rings. The Morgan fingerprint density at radius 2 is 2.00 bits per heavy atom. The van der Waals surface area contributed by atoms with Crippen LogP contribution in [0.3, 0.4) is 0 Å². The fourth-order valence-corrected chi connectivity index (χ4v) is 3.91. The summed E-state index contributed by atoms with van der Waals surface area (Å²) in [7, 11) is -3.31. The molecule has 8 heteroatoms. The van der Waals surface area contributed by atoms with Gasteiger partial charge in [0.25, 0.3) is 5.91 Å². The van der Waals surface area contributed by atoms with Crippen LogP contribution in [0.4, 0.5) is 5.69 Å². The second-order valence-corrected chi connectivity index (χ2v) is 7.97. The Bertz CT molecular complexity index is 807. The normalized spacial score (nSPS) is 16.0. The van der Waals surface area contributed by atoms with Crippen LogP contribution >= 0.6 is 11.3 Å². The molecule has 0 radical (unpaired) electrons. The number of amides is 1. The summed E-state index contributed by atoms with van der Waals surface area (Å²) in [6.07, 6.45) is 1.11. The minimum atomic E-state index is -3.31. The summed E-state index contributed by atoms with van der Waals surface area (Å²) < 4.78 is 31.2. The van der Waals surface area contributed by atoms with Gasteiger partial charge >= 0.3 is 0 Å². The van der Waals surface area contributed by atoms with Crippen LogP contribution in [0.1, 0.15) is 9.67 Å². The largest absolute Gasteiger partial charge is 0.378 e. The number of hydrogen-bond donors (Lipinski definition) is 1. The van der Waals surface area contributed by atoms with Crippen LogP contribution in [0, 0.1) is 0 Å². The van der Waals surface area contributed by atoms with E-state index in [4.69, 9.17) is 4.74 Å². The zero-order chi connectivity index (χ0) is 15.7. The molecule has 0 aliphatic carbocycles. The molecular formula is C14H16N2O4S2. The van der Waals surface area contributed by atoms with Gasteiger partial charge in [0.1, 0.15) is 0 Å². The van der Waals surface area contributed by atoms with Gasteiger partial charge in [-0.3, -0.25) is 9.52 Å². The van der Waals surface area contributed by atoms with Gasteiger partial charge in [-0.05, 0) is 29.7 Å².